The van der Waals surface area contributed by atoms with Gasteiger partial charge in [0.15, 0.2) is 0 Å². The van der Waals surface area contributed by atoms with Crippen LogP contribution < -0.4 is 4.74 Å². The molecule has 2 heteroatoms. The highest BCUT2D eigenvalue weighted by Gasteiger charge is 1.96. The Hall–Kier alpha value is -2.09. The molecular weight excluding hydrogens is 294 g/mol. The van der Waals surface area contributed by atoms with Gasteiger partial charge in [-0.1, -0.05) is 57.4 Å². The number of hydrogen-bond acceptors (Lipinski definition) is 2. The molecule has 0 aliphatic carbocycles. The van der Waals surface area contributed by atoms with Gasteiger partial charge < -0.3 is 4.74 Å². The molecule has 0 saturated heterocycles. The number of rotatable bonds is 10. The van der Waals surface area contributed by atoms with Gasteiger partial charge in [-0.2, -0.15) is 0 Å². The second kappa shape index (κ2) is 10.6. The number of unbranched alkanes of at least 4 members (excludes halogenated alkanes) is 3. The maximum atomic E-state index is 5.68. The highest BCUT2D eigenvalue weighted by molar-refractivity contribution is 5.68. The Morgan fingerprint density at radius 3 is 2.33 bits per heavy atom. The lowest BCUT2D eigenvalue weighted by Gasteiger charge is -2.05. The number of hydrogen-bond donors (Lipinski definition) is 0. The molecule has 0 atom stereocenters. The molecule has 0 amide bonds. The molecule has 0 unspecified atom stereocenters. The molecule has 2 nitrogen and oxygen atoms in total. The van der Waals surface area contributed by atoms with Crippen molar-refractivity contribution in [3.63, 3.8) is 0 Å². The first-order chi connectivity index (χ1) is 11.8. The quantitative estimate of drug-likeness (QED) is 0.488. The fraction of sp³-hybridized carbons (Fsp3) is 0.409. The molecule has 0 aliphatic rings. The van der Waals surface area contributed by atoms with Gasteiger partial charge in [0, 0.05) is 6.20 Å². The Balaban J connectivity index is 1.86. The standard InChI is InChI=1S/C22H29NO/c1-3-5-7-8-20-10-14-21(23-18-20)13-9-19-11-15-22(16-12-19)24-17-6-4-2/h9-16,18H,3-8,17H2,1-2H3/b13-9+. The van der Waals surface area contributed by atoms with Gasteiger partial charge in [0.25, 0.3) is 0 Å². The van der Waals surface area contributed by atoms with E-state index >= 15 is 0 Å². The van der Waals surface area contributed by atoms with E-state index in [9.17, 15) is 0 Å². The number of nitrogens with zero attached hydrogens (tertiary/aromatic N) is 1. The fourth-order valence-electron chi connectivity index (χ4n) is 2.45. The van der Waals surface area contributed by atoms with Crippen LogP contribution in [0.3, 0.4) is 0 Å². The third kappa shape index (κ3) is 6.57. The maximum Gasteiger partial charge on any atom is 0.119 e. The minimum Gasteiger partial charge on any atom is -0.494 e. The number of benzene rings is 1. The molecule has 0 saturated carbocycles. The van der Waals surface area contributed by atoms with E-state index in [1.165, 1.54) is 24.8 Å². The SMILES string of the molecule is CCCCCc1ccc(/C=C/c2ccc(OCCCC)cc2)nc1. The third-order valence-electron chi connectivity index (χ3n) is 4.01. The molecule has 0 N–H and O–H groups in total. The van der Waals surface area contributed by atoms with Crippen LogP contribution in [0.5, 0.6) is 5.75 Å². The first kappa shape index (κ1) is 18.3. The van der Waals surface area contributed by atoms with Crippen molar-refractivity contribution in [1.29, 1.82) is 0 Å². The van der Waals surface area contributed by atoms with Gasteiger partial charge in [-0.05, 0) is 54.7 Å². The molecule has 0 bridgehead atoms. The highest BCUT2D eigenvalue weighted by atomic mass is 16.5. The molecule has 0 aliphatic heterocycles. The molecule has 24 heavy (non-hydrogen) atoms. The molecule has 0 spiro atoms. The molecule has 2 rings (SSSR count). The van der Waals surface area contributed by atoms with Gasteiger partial charge in [0.2, 0.25) is 0 Å². The van der Waals surface area contributed by atoms with Crippen LogP contribution in [-0.2, 0) is 6.42 Å². The monoisotopic (exact) mass is 323 g/mol. The summed E-state index contributed by atoms with van der Waals surface area (Å²) in [6, 6.07) is 12.5. The van der Waals surface area contributed by atoms with Crippen LogP contribution >= 0.6 is 0 Å². The smallest absolute Gasteiger partial charge is 0.119 e. The van der Waals surface area contributed by atoms with Gasteiger partial charge in [-0.25, -0.2) is 0 Å². The second-order valence-corrected chi connectivity index (χ2v) is 6.15. The lowest BCUT2D eigenvalue weighted by Crippen LogP contribution is -1.95. The summed E-state index contributed by atoms with van der Waals surface area (Å²) in [4.78, 5) is 4.53. The number of aromatic nitrogens is 1. The van der Waals surface area contributed by atoms with Crippen LogP contribution in [0.25, 0.3) is 12.2 Å². The summed E-state index contributed by atoms with van der Waals surface area (Å²) in [5.74, 6) is 0.940. The van der Waals surface area contributed by atoms with Gasteiger partial charge in [-0.3, -0.25) is 4.98 Å². The van der Waals surface area contributed by atoms with Crippen LogP contribution in [0.2, 0.25) is 0 Å². The van der Waals surface area contributed by atoms with Gasteiger partial charge in [-0.15, -0.1) is 0 Å². The van der Waals surface area contributed by atoms with Crippen LogP contribution in [0, 0.1) is 0 Å². The summed E-state index contributed by atoms with van der Waals surface area (Å²) < 4.78 is 5.68. The normalized spacial score (nSPS) is 11.1. The number of aryl methyl sites for hydroxylation is 1. The summed E-state index contributed by atoms with van der Waals surface area (Å²) in [5.41, 5.74) is 3.48. The Morgan fingerprint density at radius 2 is 1.67 bits per heavy atom. The van der Waals surface area contributed by atoms with Crippen molar-refractivity contribution in [2.24, 2.45) is 0 Å². The van der Waals surface area contributed by atoms with E-state index in [0.717, 1.165) is 42.9 Å². The first-order valence-electron chi connectivity index (χ1n) is 9.17. The predicted molar refractivity (Wildman–Crippen MR) is 103 cm³/mol. The van der Waals surface area contributed by atoms with Crippen molar-refractivity contribution < 1.29 is 4.74 Å². The maximum absolute atomic E-state index is 5.68. The molecular formula is C22H29NO. The van der Waals surface area contributed by atoms with E-state index in [-0.39, 0.29) is 0 Å². The van der Waals surface area contributed by atoms with Crippen LogP contribution in [-0.4, -0.2) is 11.6 Å². The van der Waals surface area contributed by atoms with E-state index < -0.39 is 0 Å². The zero-order valence-electron chi connectivity index (χ0n) is 15.0. The van der Waals surface area contributed by atoms with Crippen LogP contribution in [0.1, 0.15) is 62.8 Å². The van der Waals surface area contributed by atoms with E-state index in [1.54, 1.807) is 0 Å². The molecule has 1 heterocycles. The molecule has 0 fully saturated rings. The minimum atomic E-state index is 0.792. The van der Waals surface area contributed by atoms with Gasteiger partial charge in [0.05, 0.1) is 12.3 Å². The zero-order chi connectivity index (χ0) is 17.0. The summed E-state index contributed by atoms with van der Waals surface area (Å²) in [5, 5.41) is 0. The Bertz CT molecular complexity index is 543. The zero-order valence-corrected chi connectivity index (χ0v) is 15.0. The topological polar surface area (TPSA) is 22.1 Å². The lowest BCUT2D eigenvalue weighted by atomic mass is 10.1. The molecule has 2 aromatic rings. The molecule has 0 radical (unpaired) electrons. The highest BCUT2D eigenvalue weighted by Crippen LogP contribution is 2.15. The Morgan fingerprint density at radius 1 is 0.875 bits per heavy atom. The summed E-state index contributed by atoms with van der Waals surface area (Å²) >= 11 is 0. The van der Waals surface area contributed by atoms with Crippen molar-refractivity contribution in [2.45, 2.75) is 52.4 Å². The number of pyridine rings is 1. The summed E-state index contributed by atoms with van der Waals surface area (Å²) in [6.07, 6.45) is 13.3. The van der Waals surface area contributed by atoms with Crippen molar-refractivity contribution in [3.8, 4) is 5.75 Å². The second-order valence-electron chi connectivity index (χ2n) is 6.15. The van der Waals surface area contributed by atoms with Crippen molar-refractivity contribution in [2.75, 3.05) is 6.61 Å². The van der Waals surface area contributed by atoms with Crippen LogP contribution in [0.15, 0.2) is 42.6 Å². The first-order valence-corrected chi connectivity index (χ1v) is 9.17. The van der Waals surface area contributed by atoms with Gasteiger partial charge in [0.1, 0.15) is 5.75 Å². The Kier molecular flexibility index (Phi) is 8.09. The van der Waals surface area contributed by atoms with Crippen molar-refractivity contribution >= 4 is 12.2 Å². The van der Waals surface area contributed by atoms with Crippen LogP contribution in [0.4, 0.5) is 0 Å². The number of ether oxygens (including phenoxy) is 1. The Labute approximate surface area is 146 Å². The molecule has 1 aromatic carbocycles. The van der Waals surface area contributed by atoms with E-state index in [4.69, 9.17) is 4.74 Å². The van der Waals surface area contributed by atoms with Gasteiger partial charge >= 0.3 is 0 Å². The fourth-order valence-corrected chi connectivity index (χ4v) is 2.45. The van der Waals surface area contributed by atoms with Crippen molar-refractivity contribution in [3.05, 3.63) is 59.4 Å². The lowest BCUT2D eigenvalue weighted by molar-refractivity contribution is 0.309. The summed E-state index contributed by atoms with van der Waals surface area (Å²) in [7, 11) is 0. The molecule has 128 valence electrons. The average Bonchev–Trinajstić information content (AvgIpc) is 2.63. The van der Waals surface area contributed by atoms with E-state index in [1.807, 2.05) is 18.3 Å². The van der Waals surface area contributed by atoms with E-state index in [0.29, 0.717) is 0 Å². The van der Waals surface area contributed by atoms with Crippen molar-refractivity contribution in [1.82, 2.24) is 4.98 Å². The third-order valence-corrected chi connectivity index (χ3v) is 4.01. The predicted octanol–water partition coefficient (Wildman–Crippen LogP) is 6.16. The largest absolute Gasteiger partial charge is 0.494 e. The minimum absolute atomic E-state index is 0.792. The summed E-state index contributed by atoms with van der Waals surface area (Å²) in [6.45, 7) is 5.19. The average molecular weight is 323 g/mol. The van der Waals surface area contributed by atoms with E-state index in [2.05, 4.69) is 55.2 Å². The molecule has 1 aromatic heterocycles.